The first-order chi connectivity index (χ1) is 17.3. The van der Waals surface area contributed by atoms with Crippen LogP contribution in [0.15, 0.2) is 91.3 Å². The van der Waals surface area contributed by atoms with Gasteiger partial charge in [0.05, 0.1) is 17.6 Å². The zero-order valence-corrected chi connectivity index (χ0v) is 19.6. The monoisotopic (exact) mass is 464 g/mol. The second-order valence-corrected chi connectivity index (χ2v) is 8.47. The summed E-state index contributed by atoms with van der Waals surface area (Å²) in [7, 11) is 0. The molecule has 2 heterocycles. The van der Waals surface area contributed by atoms with Crippen LogP contribution >= 0.6 is 0 Å². The van der Waals surface area contributed by atoms with Crippen molar-refractivity contribution in [2.24, 2.45) is 0 Å². The number of benzene rings is 3. The number of rotatable bonds is 10. The van der Waals surface area contributed by atoms with E-state index >= 15 is 0 Å². The first kappa shape index (κ1) is 22.6. The lowest BCUT2D eigenvalue weighted by Crippen LogP contribution is -2.25. The van der Waals surface area contributed by atoms with E-state index in [9.17, 15) is 4.79 Å². The predicted molar refractivity (Wildman–Crippen MR) is 139 cm³/mol. The first-order valence-corrected chi connectivity index (χ1v) is 12.0. The Kier molecular flexibility index (Phi) is 6.99. The summed E-state index contributed by atoms with van der Waals surface area (Å²) in [6.45, 7) is 2.05. The highest BCUT2D eigenvalue weighted by atomic mass is 16.5. The van der Waals surface area contributed by atoms with Crippen molar-refractivity contribution in [3.05, 3.63) is 103 Å². The van der Waals surface area contributed by atoms with Gasteiger partial charge in [-0.2, -0.15) is 0 Å². The number of nitrogens with zero attached hydrogens (tertiary/aromatic N) is 3. The first-order valence-electron chi connectivity index (χ1n) is 12.0. The maximum Gasteiger partial charge on any atom is 0.251 e. The Hall–Kier alpha value is -4.19. The maximum absolute atomic E-state index is 12.3. The maximum atomic E-state index is 12.3. The van der Waals surface area contributed by atoms with Crippen LogP contribution in [-0.2, 0) is 13.0 Å². The molecule has 0 aliphatic carbocycles. The molecule has 6 nitrogen and oxygen atoms in total. The van der Waals surface area contributed by atoms with E-state index in [2.05, 4.69) is 45.2 Å². The molecule has 5 aromatic rings. The molecule has 0 spiro atoms. The largest absolute Gasteiger partial charge is 0.494 e. The van der Waals surface area contributed by atoms with Gasteiger partial charge >= 0.3 is 0 Å². The fourth-order valence-corrected chi connectivity index (χ4v) is 4.29. The van der Waals surface area contributed by atoms with E-state index < -0.39 is 0 Å². The Balaban J connectivity index is 1.17. The fraction of sp³-hybridized carbons (Fsp3) is 0.207. The van der Waals surface area contributed by atoms with Crippen molar-refractivity contribution in [3.8, 4) is 5.75 Å². The number of carbonyl (C=O) groups excluding carboxylic acids is 1. The molecule has 2 aromatic heterocycles. The summed E-state index contributed by atoms with van der Waals surface area (Å²) < 4.78 is 8.33. The molecule has 0 atom stereocenters. The minimum Gasteiger partial charge on any atom is -0.494 e. The molecule has 6 heteroatoms. The van der Waals surface area contributed by atoms with Crippen LogP contribution in [-0.4, -0.2) is 33.6 Å². The summed E-state index contributed by atoms with van der Waals surface area (Å²) in [5.41, 5.74) is 2.76. The van der Waals surface area contributed by atoms with Gasteiger partial charge in [0.1, 0.15) is 11.6 Å². The summed E-state index contributed by atoms with van der Waals surface area (Å²) in [6, 6.07) is 26.2. The lowest BCUT2D eigenvalue weighted by atomic mass is 10.1. The molecule has 176 valence electrons. The predicted octanol–water partition coefficient (Wildman–Crippen LogP) is 5.42. The molecule has 0 aliphatic rings. The highest BCUT2D eigenvalue weighted by molar-refractivity contribution is 5.93. The van der Waals surface area contributed by atoms with E-state index in [4.69, 9.17) is 9.72 Å². The van der Waals surface area contributed by atoms with Gasteiger partial charge in [-0.25, -0.2) is 4.98 Å². The second-order valence-electron chi connectivity index (χ2n) is 8.47. The van der Waals surface area contributed by atoms with Gasteiger partial charge in [0, 0.05) is 37.5 Å². The average molecular weight is 465 g/mol. The van der Waals surface area contributed by atoms with E-state index in [-0.39, 0.29) is 5.91 Å². The Morgan fingerprint density at radius 1 is 0.886 bits per heavy atom. The van der Waals surface area contributed by atoms with Gasteiger partial charge in [0.25, 0.3) is 5.91 Å². The molecular formula is C29H28N4O2. The SMILES string of the molecule is O=C(NCCCc1nc2ccccc2n1CCCOc1ccc2ccccc2c1)c1ccncc1. The van der Waals surface area contributed by atoms with Crippen LogP contribution in [0, 0.1) is 0 Å². The van der Waals surface area contributed by atoms with E-state index in [1.807, 2.05) is 36.4 Å². The Labute approximate surface area is 204 Å². The number of aromatic nitrogens is 3. The van der Waals surface area contributed by atoms with Crippen molar-refractivity contribution in [2.75, 3.05) is 13.2 Å². The topological polar surface area (TPSA) is 69.0 Å². The average Bonchev–Trinajstić information content (AvgIpc) is 3.26. The number of aryl methyl sites for hydroxylation is 2. The van der Waals surface area contributed by atoms with Crippen molar-refractivity contribution >= 4 is 27.7 Å². The van der Waals surface area contributed by atoms with E-state index in [1.165, 1.54) is 10.8 Å². The van der Waals surface area contributed by atoms with E-state index in [0.717, 1.165) is 48.4 Å². The number of hydrogen-bond acceptors (Lipinski definition) is 4. The van der Waals surface area contributed by atoms with Crippen molar-refractivity contribution in [3.63, 3.8) is 0 Å². The summed E-state index contributed by atoms with van der Waals surface area (Å²) in [4.78, 5) is 21.1. The highest BCUT2D eigenvalue weighted by Gasteiger charge is 2.11. The third kappa shape index (κ3) is 5.49. The molecule has 0 saturated heterocycles. The minimum atomic E-state index is -0.0771. The van der Waals surface area contributed by atoms with Crippen molar-refractivity contribution in [1.82, 2.24) is 19.9 Å². The van der Waals surface area contributed by atoms with Crippen molar-refractivity contribution < 1.29 is 9.53 Å². The number of ether oxygens (including phenoxy) is 1. The van der Waals surface area contributed by atoms with Gasteiger partial charge < -0.3 is 14.6 Å². The van der Waals surface area contributed by atoms with Gasteiger partial charge in [-0.1, -0.05) is 42.5 Å². The van der Waals surface area contributed by atoms with Gasteiger partial charge in [-0.15, -0.1) is 0 Å². The van der Waals surface area contributed by atoms with Crippen LogP contribution in [0.3, 0.4) is 0 Å². The molecule has 0 aliphatic heterocycles. The van der Waals surface area contributed by atoms with Crippen molar-refractivity contribution in [2.45, 2.75) is 25.8 Å². The molecule has 5 rings (SSSR count). The number of amides is 1. The third-order valence-corrected chi connectivity index (χ3v) is 6.05. The number of nitrogens with one attached hydrogen (secondary N) is 1. The summed E-state index contributed by atoms with van der Waals surface area (Å²) in [5, 5.41) is 5.38. The van der Waals surface area contributed by atoms with Crippen LogP contribution < -0.4 is 10.1 Å². The Bertz CT molecular complexity index is 1430. The molecule has 0 unspecified atom stereocenters. The van der Waals surface area contributed by atoms with Crippen LogP contribution in [0.25, 0.3) is 21.8 Å². The minimum absolute atomic E-state index is 0.0771. The van der Waals surface area contributed by atoms with Crippen LogP contribution in [0.2, 0.25) is 0 Å². The quantitative estimate of drug-likeness (QED) is 0.280. The number of para-hydroxylation sites is 2. The zero-order chi connectivity index (χ0) is 23.9. The normalized spacial score (nSPS) is 11.1. The molecule has 35 heavy (non-hydrogen) atoms. The zero-order valence-electron chi connectivity index (χ0n) is 19.6. The molecule has 0 fully saturated rings. The smallest absolute Gasteiger partial charge is 0.251 e. The molecule has 0 bridgehead atoms. The lowest BCUT2D eigenvalue weighted by Gasteiger charge is -2.11. The molecule has 3 aromatic carbocycles. The number of carbonyl (C=O) groups is 1. The summed E-state index contributed by atoms with van der Waals surface area (Å²) >= 11 is 0. The van der Waals surface area contributed by atoms with Crippen molar-refractivity contribution in [1.29, 1.82) is 0 Å². The Morgan fingerprint density at radius 3 is 2.57 bits per heavy atom. The van der Waals surface area contributed by atoms with Gasteiger partial charge in [0.15, 0.2) is 0 Å². The highest BCUT2D eigenvalue weighted by Crippen LogP contribution is 2.21. The van der Waals surface area contributed by atoms with Gasteiger partial charge in [0.2, 0.25) is 0 Å². The summed E-state index contributed by atoms with van der Waals surface area (Å²) in [6.07, 6.45) is 5.73. The van der Waals surface area contributed by atoms with Gasteiger partial charge in [-0.05, 0) is 60.0 Å². The lowest BCUT2D eigenvalue weighted by molar-refractivity contribution is 0.0953. The molecule has 0 radical (unpaired) electrons. The molecule has 0 saturated carbocycles. The standard InChI is InChI=1S/C29H28N4O2/c34-29(23-14-17-30-18-15-23)31-16-5-11-28-32-26-9-3-4-10-27(26)33(28)19-6-20-35-25-13-12-22-7-1-2-8-24(22)21-25/h1-4,7-10,12-15,17-18,21H,5-6,11,16,19-20H2,(H,31,34). The van der Waals surface area contributed by atoms with Crippen LogP contribution in [0.4, 0.5) is 0 Å². The molecular weight excluding hydrogens is 436 g/mol. The fourth-order valence-electron chi connectivity index (χ4n) is 4.29. The van der Waals surface area contributed by atoms with Crippen LogP contribution in [0.5, 0.6) is 5.75 Å². The third-order valence-electron chi connectivity index (χ3n) is 6.05. The van der Waals surface area contributed by atoms with E-state index in [0.29, 0.717) is 18.7 Å². The van der Waals surface area contributed by atoms with Crippen LogP contribution in [0.1, 0.15) is 29.0 Å². The number of imidazole rings is 1. The number of hydrogen-bond donors (Lipinski definition) is 1. The molecule has 1 amide bonds. The van der Waals surface area contributed by atoms with Gasteiger partial charge in [-0.3, -0.25) is 9.78 Å². The second kappa shape index (κ2) is 10.8. The number of fused-ring (bicyclic) bond motifs is 2. The number of pyridine rings is 1. The summed E-state index contributed by atoms with van der Waals surface area (Å²) in [5.74, 6) is 1.85. The van der Waals surface area contributed by atoms with E-state index in [1.54, 1.807) is 24.5 Å². The Morgan fingerprint density at radius 2 is 1.69 bits per heavy atom. The molecule has 1 N–H and O–H groups in total.